The van der Waals surface area contributed by atoms with E-state index in [-0.39, 0.29) is 5.56 Å². The van der Waals surface area contributed by atoms with Crippen LogP contribution in [0.1, 0.15) is 5.56 Å². The highest BCUT2D eigenvalue weighted by Gasteiger charge is 2.12. The number of benzene rings is 2. The molecule has 0 bridgehead atoms. The number of methoxy groups -OCH3 is 2. The van der Waals surface area contributed by atoms with E-state index in [1.165, 1.54) is 12.7 Å². The van der Waals surface area contributed by atoms with Gasteiger partial charge in [-0.1, -0.05) is 30.3 Å². The van der Waals surface area contributed by atoms with Crippen molar-refractivity contribution in [1.82, 2.24) is 9.97 Å². The van der Waals surface area contributed by atoms with Crippen LogP contribution in [0.5, 0.6) is 11.5 Å². The second-order valence-electron chi connectivity index (χ2n) is 5.77. The third-order valence-electron chi connectivity index (χ3n) is 4.14. The van der Waals surface area contributed by atoms with Gasteiger partial charge in [0.1, 0.15) is 0 Å². The number of anilines is 1. The number of fused-ring (bicyclic) bond motifs is 1. The molecule has 130 valence electrons. The van der Waals surface area contributed by atoms with Crippen molar-refractivity contribution in [2.24, 2.45) is 0 Å². The zero-order valence-electron chi connectivity index (χ0n) is 14.6. The van der Waals surface area contributed by atoms with Crippen molar-refractivity contribution in [3.63, 3.8) is 0 Å². The van der Waals surface area contributed by atoms with Crippen molar-refractivity contribution in [3.8, 4) is 11.5 Å². The lowest BCUT2D eigenvalue weighted by Crippen LogP contribution is -2.25. The van der Waals surface area contributed by atoms with Gasteiger partial charge >= 0.3 is 0 Å². The fourth-order valence-corrected chi connectivity index (χ4v) is 2.68. The molecule has 1 N–H and O–H groups in total. The van der Waals surface area contributed by atoms with E-state index in [0.717, 1.165) is 13.0 Å². The van der Waals surface area contributed by atoms with Gasteiger partial charge in [0, 0.05) is 19.7 Å². The molecule has 1 heterocycles. The summed E-state index contributed by atoms with van der Waals surface area (Å²) < 4.78 is 10.5. The molecular weight excluding hydrogens is 318 g/mol. The van der Waals surface area contributed by atoms with Crippen molar-refractivity contribution in [2.75, 3.05) is 32.7 Å². The molecule has 0 unspecified atom stereocenters. The van der Waals surface area contributed by atoms with Crippen LogP contribution in [0, 0.1) is 0 Å². The predicted molar refractivity (Wildman–Crippen MR) is 98.9 cm³/mol. The van der Waals surface area contributed by atoms with Gasteiger partial charge in [-0.2, -0.15) is 0 Å². The van der Waals surface area contributed by atoms with Crippen LogP contribution < -0.4 is 19.9 Å². The van der Waals surface area contributed by atoms with Crippen LogP contribution in [0.3, 0.4) is 0 Å². The zero-order valence-corrected chi connectivity index (χ0v) is 14.6. The second-order valence-corrected chi connectivity index (χ2v) is 5.77. The maximum Gasteiger partial charge on any atom is 0.260 e. The van der Waals surface area contributed by atoms with E-state index in [0.29, 0.717) is 28.4 Å². The molecule has 0 amide bonds. The number of likely N-dealkylation sites (N-methyl/N-ethyl adjacent to an activating group) is 1. The van der Waals surface area contributed by atoms with Crippen LogP contribution in [-0.4, -0.2) is 37.8 Å². The zero-order chi connectivity index (χ0) is 17.8. The number of aromatic nitrogens is 2. The molecular formula is C19H21N3O3. The SMILES string of the molecule is COc1cc2nc(N(C)CCc3ccccc3)[nH]c(=O)c2cc1OC. The molecule has 0 aliphatic carbocycles. The Labute approximate surface area is 146 Å². The maximum atomic E-state index is 12.4. The van der Waals surface area contributed by atoms with Crippen molar-refractivity contribution in [1.29, 1.82) is 0 Å². The van der Waals surface area contributed by atoms with Crippen molar-refractivity contribution in [2.45, 2.75) is 6.42 Å². The van der Waals surface area contributed by atoms with Gasteiger partial charge in [0.25, 0.3) is 5.56 Å². The number of aromatic amines is 1. The first-order valence-electron chi connectivity index (χ1n) is 8.03. The summed E-state index contributed by atoms with van der Waals surface area (Å²) in [5.74, 6) is 1.58. The summed E-state index contributed by atoms with van der Waals surface area (Å²) in [5, 5.41) is 0.470. The van der Waals surface area contributed by atoms with E-state index in [2.05, 4.69) is 22.1 Å². The van der Waals surface area contributed by atoms with E-state index in [1.807, 2.05) is 30.1 Å². The third-order valence-corrected chi connectivity index (χ3v) is 4.14. The number of nitrogens with one attached hydrogen (secondary N) is 1. The van der Waals surface area contributed by atoms with Crippen LogP contribution in [0.15, 0.2) is 47.3 Å². The Morgan fingerprint density at radius 1 is 1.08 bits per heavy atom. The minimum atomic E-state index is -0.201. The molecule has 6 nitrogen and oxygen atoms in total. The molecule has 3 rings (SSSR count). The number of H-pyrrole nitrogens is 1. The fourth-order valence-electron chi connectivity index (χ4n) is 2.68. The van der Waals surface area contributed by atoms with Gasteiger partial charge in [-0.05, 0) is 18.1 Å². The van der Waals surface area contributed by atoms with Crippen LogP contribution in [0.4, 0.5) is 5.95 Å². The third kappa shape index (κ3) is 3.57. The van der Waals surface area contributed by atoms with Crippen molar-refractivity contribution in [3.05, 3.63) is 58.4 Å². The quantitative estimate of drug-likeness (QED) is 0.748. The molecule has 1 aromatic heterocycles. The topological polar surface area (TPSA) is 67.5 Å². The Morgan fingerprint density at radius 2 is 1.76 bits per heavy atom. The van der Waals surface area contributed by atoms with Gasteiger partial charge in [-0.15, -0.1) is 0 Å². The molecule has 0 saturated heterocycles. The van der Waals surface area contributed by atoms with Crippen LogP contribution in [0.25, 0.3) is 10.9 Å². The summed E-state index contributed by atoms with van der Waals surface area (Å²) in [7, 11) is 5.01. The molecule has 2 aromatic carbocycles. The highest BCUT2D eigenvalue weighted by atomic mass is 16.5. The summed E-state index contributed by atoms with van der Waals surface area (Å²) in [5.41, 5.74) is 1.61. The van der Waals surface area contributed by atoms with E-state index in [1.54, 1.807) is 19.2 Å². The lowest BCUT2D eigenvalue weighted by molar-refractivity contribution is 0.355. The molecule has 0 saturated carbocycles. The van der Waals surface area contributed by atoms with Crippen LogP contribution in [-0.2, 0) is 6.42 Å². The standard InChI is InChI=1S/C19H21N3O3/c1-22(10-9-13-7-5-4-6-8-13)19-20-15-12-17(25-3)16(24-2)11-14(15)18(23)21-19/h4-8,11-12H,9-10H2,1-3H3,(H,20,21,23). The van der Waals surface area contributed by atoms with E-state index in [4.69, 9.17) is 9.47 Å². The van der Waals surface area contributed by atoms with Crippen molar-refractivity contribution >= 4 is 16.9 Å². The first-order chi connectivity index (χ1) is 12.1. The number of nitrogens with zero attached hydrogens (tertiary/aromatic N) is 2. The summed E-state index contributed by atoms with van der Waals surface area (Å²) in [4.78, 5) is 21.8. The Hall–Kier alpha value is -3.02. The molecule has 0 aliphatic heterocycles. The Balaban J connectivity index is 1.90. The molecule has 0 aliphatic rings. The van der Waals surface area contributed by atoms with Crippen LogP contribution in [0.2, 0.25) is 0 Å². The largest absolute Gasteiger partial charge is 0.493 e. The van der Waals surface area contributed by atoms with Gasteiger partial charge in [0.05, 0.1) is 25.1 Å². The fraction of sp³-hybridized carbons (Fsp3) is 0.263. The average Bonchev–Trinajstić information content (AvgIpc) is 2.65. The first-order valence-corrected chi connectivity index (χ1v) is 8.03. The maximum absolute atomic E-state index is 12.4. The Morgan fingerprint density at radius 3 is 2.44 bits per heavy atom. The highest BCUT2D eigenvalue weighted by molar-refractivity contribution is 5.82. The molecule has 25 heavy (non-hydrogen) atoms. The lowest BCUT2D eigenvalue weighted by Gasteiger charge is -2.18. The summed E-state index contributed by atoms with van der Waals surface area (Å²) in [6.45, 7) is 0.742. The lowest BCUT2D eigenvalue weighted by atomic mass is 10.1. The van der Waals surface area contributed by atoms with E-state index >= 15 is 0 Å². The summed E-state index contributed by atoms with van der Waals surface area (Å²) in [6, 6.07) is 13.6. The van der Waals surface area contributed by atoms with E-state index < -0.39 is 0 Å². The predicted octanol–water partition coefficient (Wildman–Crippen LogP) is 2.62. The molecule has 6 heteroatoms. The minimum absolute atomic E-state index is 0.201. The number of rotatable bonds is 6. The average molecular weight is 339 g/mol. The Kier molecular flexibility index (Phi) is 4.88. The first kappa shape index (κ1) is 16.8. The monoisotopic (exact) mass is 339 g/mol. The smallest absolute Gasteiger partial charge is 0.260 e. The number of ether oxygens (including phenoxy) is 2. The van der Waals surface area contributed by atoms with Gasteiger partial charge in [0.2, 0.25) is 5.95 Å². The molecule has 0 spiro atoms. The highest BCUT2D eigenvalue weighted by Crippen LogP contribution is 2.30. The molecule has 3 aromatic rings. The Bertz CT molecular complexity index is 922. The normalized spacial score (nSPS) is 10.7. The van der Waals surface area contributed by atoms with E-state index in [9.17, 15) is 4.79 Å². The van der Waals surface area contributed by atoms with Crippen LogP contribution >= 0.6 is 0 Å². The molecule has 0 radical (unpaired) electrons. The molecule has 0 atom stereocenters. The van der Waals surface area contributed by atoms with Gasteiger partial charge in [0.15, 0.2) is 11.5 Å². The van der Waals surface area contributed by atoms with Crippen molar-refractivity contribution < 1.29 is 9.47 Å². The number of hydrogen-bond acceptors (Lipinski definition) is 5. The summed E-state index contributed by atoms with van der Waals surface area (Å²) >= 11 is 0. The van der Waals surface area contributed by atoms with Gasteiger partial charge in [-0.3, -0.25) is 9.78 Å². The van der Waals surface area contributed by atoms with Gasteiger partial charge < -0.3 is 14.4 Å². The summed E-state index contributed by atoms with van der Waals surface area (Å²) in [6.07, 6.45) is 0.866. The second kappa shape index (κ2) is 7.25. The molecule has 0 fully saturated rings. The van der Waals surface area contributed by atoms with Gasteiger partial charge in [-0.25, -0.2) is 4.98 Å². The minimum Gasteiger partial charge on any atom is -0.493 e. The number of hydrogen-bond donors (Lipinski definition) is 1.